The summed E-state index contributed by atoms with van der Waals surface area (Å²) in [6.45, 7) is 12.2. The Morgan fingerprint density at radius 3 is 2.70 bits per heavy atom. The number of nitrogens with one attached hydrogen (secondary N) is 1. The molecule has 0 saturated carbocycles. The van der Waals surface area contributed by atoms with Gasteiger partial charge in [-0.05, 0) is 42.6 Å². The van der Waals surface area contributed by atoms with E-state index in [0.29, 0.717) is 6.04 Å². The van der Waals surface area contributed by atoms with Crippen LogP contribution in [0.4, 0.5) is 0 Å². The second kappa shape index (κ2) is 6.16. The van der Waals surface area contributed by atoms with E-state index in [1.807, 2.05) is 11.7 Å². The highest BCUT2D eigenvalue weighted by Gasteiger charge is 2.35. The van der Waals surface area contributed by atoms with Crippen LogP contribution in [0.5, 0.6) is 0 Å². The van der Waals surface area contributed by atoms with E-state index < -0.39 is 0 Å². The van der Waals surface area contributed by atoms with Gasteiger partial charge >= 0.3 is 0 Å². The molecule has 1 aliphatic rings. The van der Waals surface area contributed by atoms with Crippen molar-refractivity contribution < 1.29 is 0 Å². The quantitative estimate of drug-likeness (QED) is 0.913. The molecule has 1 N–H and O–H groups in total. The minimum Gasteiger partial charge on any atom is -0.311 e. The van der Waals surface area contributed by atoms with Gasteiger partial charge in [-0.3, -0.25) is 9.58 Å². The summed E-state index contributed by atoms with van der Waals surface area (Å²) in [5, 5.41) is 8.22. The van der Waals surface area contributed by atoms with Gasteiger partial charge in [0.25, 0.3) is 0 Å². The maximum absolute atomic E-state index is 4.61. The molecule has 2 atom stereocenters. The van der Waals surface area contributed by atoms with Gasteiger partial charge in [0.15, 0.2) is 0 Å². The van der Waals surface area contributed by atoms with Crippen LogP contribution < -0.4 is 5.32 Å². The highest BCUT2D eigenvalue weighted by atomic mass is 79.9. The van der Waals surface area contributed by atoms with Gasteiger partial charge in [-0.1, -0.05) is 13.8 Å². The molecule has 1 saturated heterocycles. The number of aromatic nitrogens is 2. The molecule has 2 rings (SSSR count). The molecule has 1 aromatic heterocycles. The normalized spacial score (nSPS) is 28.0. The summed E-state index contributed by atoms with van der Waals surface area (Å²) in [7, 11) is 2.05. The second-order valence-corrected chi connectivity index (χ2v) is 6.99. The molecule has 4 nitrogen and oxygen atoms in total. The summed E-state index contributed by atoms with van der Waals surface area (Å²) in [5.41, 5.74) is 2.67. The van der Waals surface area contributed by atoms with Crippen LogP contribution in [0, 0.1) is 0 Å². The maximum atomic E-state index is 4.61. The monoisotopic (exact) mass is 342 g/mol. The fourth-order valence-electron chi connectivity index (χ4n) is 2.90. The second-order valence-electron chi connectivity index (χ2n) is 6.20. The Bertz CT molecular complexity index is 471. The Balaban J connectivity index is 2.25. The highest BCUT2D eigenvalue weighted by Crippen LogP contribution is 2.29. The van der Waals surface area contributed by atoms with Crippen LogP contribution >= 0.6 is 15.9 Å². The number of hydrogen-bond donors (Lipinski definition) is 1. The van der Waals surface area contributed by atoms with E-state index in [1.165, 1.54) is 10.2 Å². The zero-order chi connectivity index (χ0) is 14.9. The first-order chi connectivity index (χ1) is 9.41. The molecular formula is C15H27BrN4. The lowest BCUT2D eigenvalue weighted by Crippen LogP contribution is -2.62. The fraction of sp³-hybridized carbons (Fsp3) is 0.800. The molecule has 2 unspecified atom stereocenters. The standard InChI is InChI=1S/C15H27BrN4/c1-6-12-14(16)13(19(5)18-12)9-20-8-11(3)17-10-15(20,4)7-2/h11,17H,6-10H2,1-5H3. The van der Waals surface area contributed by atoms with Crippen molar-refractivity contribution in [2.24, 2.45) is 7.05 Å². The van der Waals surface area contributed by atoms with Crippen LogP contribution in [0.2, 0.25) is 0 Å². The molecule has 1 aromatic rings. The molecule has 5 heteroatoms. The molecule has 0 radical (unpaired) electrons. The van der Waals surface area contributed by atoms with Gasteiger partial charge in [0, 0.05) is 38.3 Å². The first-order valence-electron chi connectivity index (χ1n) is 7.60. The molecular weight excluding hydrogens is 316 g/mol. The Kier molecular flexibility index (Phi) is 4.92. The first kappa shape index (κ1) is 16.0. The van der Waals surface area contributed by atoms with Crippen LogP contribution in [0.25, 0.3) is 0 Å². The van der Waals surface area contributed by atoms with E-state index in [2.05, 4.69) is 58.9 Å². The summed E-state index contributed by atoms with van der Waals surface area (Å²) < 4.78 is 3.22. The smallest absolute Gasteiger partial charge is 0.0767 e. The van der Waals surface area contributed by atoms with Gasteiger partial charge in [0.05, 0.1) is 15.9 Å². The van der Waals surface area contributed by atoms with Crippen molar-refractivity contribution in [3.63, 3.8) is 0 Å². The predicted molar refractivity (Wildman–Crippen MR) is 86.9 cm³/mol. The fourth-order valence-corrected chi connectivity index (χ4v) is 3.64. The van der Waals surface area contributed by atoms with E-state index in [9.17, 15) is 0 Å². The summed E-state index contributed by atoms with van der Waals surface area (Å²) in [6, 6.07) is 0.548. The topological polar surface area (TPSA) is 33.1 Å². The summed E-state index contributed by atoms with van der Waals surface area (Å²) in [5.74, 6) is 0. The third-order valence-electron chi connectivity index (χ3n) is 4.69. The lowest BCUT2D eigenvalue weighted by molar-refractivity contribution is 0.0430. The number of hydrogen-bond acceptors (Lipinski definition) is 3. The van der Waals surface area contributed by atoms with Gasteiger partial charge in [0.1, 0.15) is 0 Å². The Morgan fingerprint density at radius 2 is 2.15 bits per heavy atom. The Labute approximate surface area is 131 Å². The van der Waals surface area contributed by atoms with E-state index in [1.54, 1.807) is 0 Å². The largest absolute Gasteiger partial charge is 0.311 e. The first-order valence-corrected chi connectivity index (χ1v) is 8.39. The summed E-state index contributed by atoms with van der Waals surface area (Å²) in [4.78, 5) is 2.61. The van der Waals surface area contributed by atoms with Gasteiger partial charge < -0.3 is 5.32 Å². The molecule has 0 aromatic carbocycles. The molecule has 2 heterocycles. The van der Waals surface area contributed by atoms with Crippen LogP contribution in [-0.2, 0) is 20.0 Å². The van der Waals surface area contributed by atoms with Crippen LogP contribution in [-0.4, -0.2) is 39.4 Å². The average Bonchev–Trinajstić information content (AvgIpc) is 2.70. The maximum Gasteiger partial charge on any atom is 0.0767 e. The van der Waals surface area contributed by atoms with Crippen molar-refractivity contribution in [2.45, 2.75) is 58.7 Å². The number of halogens is 1. The number of rotatable bonds is 4. The summed E-state index contributed by atoms with van der Waals surface area (Å²) in [6.07, 6.45) is 2.13. The number of aryl methyl sites for hydroxylation is 2. The van der Waals surface area contributed by atoms with Crippen LogP contribution in [0.1, 0.15) is 45.5 Å². The number of nitrogens with zero attached hydrogens (tertiary/aromatic N) is 3. The van der Waals surface area contributed by atoms with E-state index in [4.69, 9.17) is 0 Å². The molecule has 1 fully saturated rings. The van der Waals surface area contributed by atoms with Crippen molar-refractivity contribution in [1.82, 2.24) is 20.0 Å². The molecule has 1 aliphatic heterocycles. The van der Waals surface area contributed by atoms with Crippen molar-refractivity contribution in [3.05, 3.63) is 15.9 Å². The zero-order valence-electron chi connectivity index (χ0n) is 13.3. The lowest BCUT2D eigenvalue weighted by atomic mass is 9.92. The van der Waals surface area contributed by atoms with E-state index in [-0.39, 0.29) is 5.54 Å². The molecule has 0 amide bonds. The average molecular weight is 343 g/mol. The Hall–Kier alpha value is -0.390. The SMILES string of the molecule is CCc1nn(C)c(CN2CC(C)NCC2(C)CC)c1Br. The summed E-state index contributed by atoms with van der Waals surface area (Å²) >= 11 is 3.74. The van der Waals surface area contributed by atoms with Crippen LogP contribution in [0.15, 0.2) is 4.47 Å². The van der Waals surface area contributed by atoms with Crippen LogP contribution in [0.3, 0.4) is 0 Å². The van der Waals surface area contributed by atoms with E-state index in [0.717, 1.165) is 38.2 Å². The molecule has 0 spiro atoms. The van der Waals surface area contributed by atoms with Crippen molar-refractivity contribution in [2.75, 3.05) is 13.1 Å². The van der Waals surface area contributed by atoms with Gasteiger partial charge in [-0.15, -0.1) is 0 Å². The third kappa shape index (κ3) is 2.95. The van der Waals surface area contributed by atoms with Crippen molar-refractivity contribution >= 4 is 15.9 Å². The highest BCUT2D eigenvalue weighted by molar-refractivity contribution is 9.10. The van der Waals surface area contributed by atoms with Crippen molar-refractivity contribution in [3.8, 4) is 0 Å². The minimum atomic E-state index is 0.225. The third-order valence-corrected chi connectivity index (χ3v) is 5.61. The van der Waals surface area contributed by atoms with Gasteiger partial charge in [0.2, 0.25) is 0 Å². The lowest BCUT2D eigenvalue weighted by Gasteiger charge is -2.47. The molecule has 0 bridgehead atoms. The number of piperazine rings is 1. The van der Waals surface area contributed by atoms with Gasteiger partial charge in [-0.25, -0.2) is 0 Å². The molecule has 0 aliphatic carbocycles. The molecule has 20 heavy (non-hydrogen) atoms. The Morgan fingerprint density at radius 1 is 1.45 bits per heavy atom. The zero-order valence-corrected chi connectivity index (χ0v) is 14.9. The minimum absolute atomic E-state index is 0.225. The van der Waals surface area contributed by atoms with Gasteiger partial charge in [-0.2, -0.15) is 5.10 Å². The van der Waals surface area contributed by atoms with E-state index >= 15 is 0 Å². The van der Waals surface area contributed by atoms with Crippen molar-refractivity contribution in [1.29, 1.82) is 0 Å². The molecule has 114 valence electrons. The predicted octanol–water partition coefficient (Wildman–Crippen LogP) is 2.71.